The topological polar surface area (TPSA) is 49.9 Å². The highest BCUT2D eigenvalue weighted by molar-refractivity contribution is 7.89. The Morgan fingerprint density at radius 1 is 1.10 bits per heavy atom. The number of likely N-dealkylation sites (tertiary alicyclic amines) is 1. The van der Waals surface area contributed by atoms with Crippen LogP contribution in [-0.2, 0) is 16.6 Å². The van der Waals surface area contributed by atoms with Gasteiger partial charge < -0.3 is 9.64 Å². The maximum absolute atomic E-state index is 13.6. The number of likely N-dealkylation sites (N-methyl/N-ethyl adjacent to an activating group) is 1. The van der Waals surface area contributed by atoms with E-state index >= 15 is 0 Å². The number of rotatable bonds is 9. The predicted octanol–water partition coefficient (Wildman–Crippen LogP) is 4.15. The zero-order valence-corrected chi connectivity index (χ0v) is 18.3. The molecule has 0 aliphatic carbocycles. The zero-order valence-electron chi connectivity index (χ0n) is 17.5. The number of hydrogen-bond donors (Lipinski definition) is 0. The molecule has 0 bridgehead atoms. The first-order chi connectivity index (χ1) is 14.0. The summed E-state index contributed by atoms with van der Waals surface area (Å²) in [5, 5.41) is 0. The Bertz CT molecular complexity index is 853. The van der Waals surface area contributed by atoms with E-state index in [2.05, 4.69) is 18.9 Å². The van der Waals surface area contributed by atoms with Crippen molar-refractivity contribution >= 4 is 10.0 Å². The Hall–Kier alpha value is -1.89. The lowest BCUT2D eigenvalue weighted by Crippen LogP contribution is -2.48. The van der Waals surface area contributed by atoms with Crippen molar-refractivity contribution in [2.75, 3.05) is 26.7 Å². The van der Waals surface area contributed by atoms with Crippen LogP contribution in [0.15, 0.2) is 59.5 Å². The summed E-state index contributed by atoms with van der Waals surface area (Å²) in [5.74, 6) is 0.712. The van der Waals surface area contributed by atoms with Crippen LogP contribution in [0.5, 0.6) is 5.75 Å². The van der Waals surface area contributed by atoms with Gasteiger partial charge in [-0.15, -0.1) is 0 Å². The molecule has 0 N–H and O–H groups in total. The minimum atomic E-state index is -3.61. The second-order valence-corrected chi connectivity index (χ2v) is 9.66. The molecular formula is C23H32N2O3S. The lowest BCUT2D eigenvalue weighted by molar-refractivity contribution is 0.169. The molecule has 2 aromatic rings. The van der Waals surface area contributed by atoms with Crippen molar-refractivity contribution in [3.05, 3.63) is 60.2 Å². The van der Waals surface area contributed by atoms with Gasteiger partial charge in [0.1, 0.15) is 5.75 Å². The summed E-state index contributed by atoms with van der Waals surface area (Å²) in [5.41, 5.74) is 1.00. The molecule has 1 saturated heterocycles. The van der Waals surface area contributed by atoms with Crippen LogP contribution in [0.25, 0.3) is 0 Å². The third kappa shape index (κ3) is 5.81. The van der Waals surface area contributed by atoms with Crippen molar-refractivity contribution in [1.29, 1.82) is 0 Å². The highest BCUT2D eigenvalue weighted by atomic mass is 32.2. The average molecular weight is 417 g/mol. The van der Waals surface area contributed by atoms with E-state index in [0.717, 1.165) is 44.3 Å². The number of hydrogen-bond acceptors (Lipinski definition) is 4. The van der Waals surface area contributed by atoms with E-state index in [4.69, 9.17) is 4.74 Å². The van der Waals surface area contributed by atoms with Crippen molar-refractivity contribution < 1.29 is 13.2 Å². The molecule has 5 nitrogen and oxygen atoms in total. The van der Waals surface area contributed by atoms with Crippen LogP contribution in [0.3, 0.4) is 0 Å². The molecule has 0 radical (unpaired) electrons. The number of piperidine rings is 1. The predicted molar refractivity (Wildman–Crippen MR) is 117 cm³/mol. The quantitative estimate of drug-likeness (QED) is 0.576. The maximum atomic E-state index is 13.6. The molecule has 0 amide bonds. The summed E-state index contributed by atoms with van der Waals surface area (Å²) in [4.78, 5) is 2.54. The van der Waals surface area contributed by atoms with E-state index in [0.29, 0.717) is 23.8 Å². The van der Waals surface area contributed by atoms with Crippen LogP contribution in [0.2, 0.25) is 0 Å². The van der Waals surface area contributed by atoms with Crippen molar-refractivity contribution in [1.82, 2.24) is 9.21 Å². The van der Waals surface area contributed by atoms with Crippen LogP contribution in [-0.4, -0.2) is 50.4 Å². The van der Waals surface area contributed by atoms with Gasteiger partial charge in [-0.1, -0.05) is 43.7 Å². The Balaban J connectivity index is 1.84. The zero-order chi connectivity index (χ0) is 20.7. The number of sulfonamides is 1. The molecule has 1 unspecified atom stereocenters. The van der Waals surface area contributed by atoms with E-state index < -0.39 is 10.0 Å². The number of nitrogens with zero attached hydrogens (tertiary/aromatic N) is 2. The van der Waals surface area contributed by atoms with Crippen molar-refractivity contribution in [2.24, 2.45) is 0 Å². The number of unbranched alkanes of at least 4 members (excludes halogenated alkanes) is 1. The van der Waals surface area contributed by atoms with E-state index in [1.807, 2.05) is 30.3 Å². The molecule has 0 spiro atoms. The summed E-state index contributed by atoms with van der Waals surface area (Å²) in [7, 11) is -1.56. The highest BCUT2D eigenvalue weighted by Gasteiger charge is 2.33. The normalized spacial score (nSPS) is 18.1. The molecule has 29 heavy (non-hydrogen) atoms. The molecule has 2 aromatic carbocycles. The lowest BCUT2D eigenvalue weighted by Gasteiger charge is -2.37. The van der Waals surface area contributed by atoms with Gasteiger partial charge in [0.25, 0.3) is 0 Å². The minimum absolute atomic E-state index is 0.0283. The molecule has 0 aromatic heterocycles. The smallest absolute Gasteiger partial charge is 0.243 e. The van der Waals surface area contributed by atoms with Crippen LogP contribution < -0.4 is 4.74 Å². The van der Waals surface area contributed by atoms with E-state index in [-0.39, 0.29) is 6.04 Å². The molecule has 1 heterocycles. The highest BCUT2D eigenvalue weighted by Crippen LogP contribution is 2.27. The molecule has 3 rings (SSSR count). The summed E-state index contributed by atoms with van der Waals surface area (Å²) in [6.45, 7) is 4.92. The summed E-state index contributed by atoms with van der Waals surface area (Å²) >= 11 is 0. The fraction of sp³-hybridized carbons (Fsp3) is 0.478. The van der Waals surface area contributed by atoms with Crippen LogP contribution >= 0.6 is 0 Å². The van der Waals surface area contributed by atoms with Crippen LogP contribution in [0.1, 0.15) is 38.2 Å². The largest absolute Gasteiger partial charge is 0.494 e. The summed E-state index contributed by atoms with van der Waals surface area (Å²) in [6, 6.07) is 16.7. The molecular weight excluding hydrogens is 384 g/mol. The van der Waals surface area contributed by atoms with Gasteiger partial charge in [0.05, 0.1) is 11.5 Å². The summed E-state index contributed by atoms with van der Waals surface area (Å²) in [6.07, 6.45) is 3.94. The van der Waals surface area contributed by atoms with Gasteiger partial charge in [0, 0.05) is 19.1 Å². The van der Waals surface area contributed by atoms with Gasteiger partial charge in [0.15, 0.2) is 0 Å². The van der Waals surface area contributed by atoms with Crippen molar-refractivity contribution in [3.63, 3.8) is 0 Å². The Kier molecular flexibility index (Phi) is 7.70. The molecule has 1 aliphatic heterocycles. The Morgan fingerprint density at radius 2 is 1.83 bits per heavy atom. The standard InChI is InChI=1S/C23H32N2O3S/c1-3-4-17-28-22-12-14-23(15-13-22)29(26,27)25(18-20-9-6-5-7-10-20)21-11-8-16-24(2)19-21/h5-7,9-10,12-15,21H,3-4,8,11,16-19H2,1-2H3. The molecule has 158 valence electrons. The van der Waals surface area contributed by atoms with Gasteiger partial charge in [-0.25, -0.2) is 8.42 Å². The summed E-state index contributed by atoms with van der Waals surface area (Å²) < 4.78 is 34.5. The van der Waals surface area contributed by atoms with Gasteiger partial charge in [-0.05, 0) is 62.7 Å². The van der Waals surface area contributed by atoms with Gasteiger partial charge >= 0.3 is 0 Å². The number of benzene rings is 2. The van der Waals surface area contributed by atoms with Gasteiger partial charge in [0.2, 0.25) is 10.0 Å². The SMILES string of the molecule is CCCCOc1ccc(S(=O)(=O)N(Cc2ccccc2)C2CCCN(C)C2)cc1. The van der Waals surface area contributed by atoms with E-state index in [1.165, 1.54) is 0 Å². The third-order valence-electron chi connectivity index (χ3n) is 5.39. The second-order valence-electron chi connectivity index (χ2n) is 7.77. The lowest BCUT2D eigenvalue weighted by atomic mass is 10.1. The average Bonchev–Trinajstić information content (AvgIpc) is 2.73. The third-order valence-corrected chi connectivity index (χ3v) is 7.30. The first-order valence-corrected chi connectivity index (χ1v) is 11.9. The Labute approximate surface area is 175 Å². The van der Waals surface area contributed by atoms with Crippen molar-refractivity contribution in [3.8, 4) is 5.75 Å². The fourth-order valence-electron chi connectivity index (χ4n) is 3.73. The van der Waals surface area contributed by atoms with Gasteiger partial charge in [-0.3, -0.25) is 0 Å². The molecule has 1 atom stereocenters. The number of ether oxygens (including phenoxy) is 1. The van der Waals surface area contributed by atoms with Gasteiger partial charge in [-0.2, -0.15) is 4.31 Å². The van der Waals surface area contributed by atoms with E-state index in [1.54, 1.807) is 28.6 Å². The molecule has 1 fully saturated rings. The minimum Gasteiger partial charge on any atom is -0.494 e. The van der Waals surface area contributed by atoms with Crippen LogP contribution in [0.4, 0.5) is 0 Å². The molecule has 6 heteroatoms. The first-order valence-electron chi connectivity index (χ1n) is 10.5. The van der Waals surface area contributed by atoms with Crippen molar-refractivity contribution in [2.45, 2.75) is 50.1 Å². The van der Waals surface area contributed by atoms with Crippen LogP contribution in [0, 0.1) is 0 Å². The Morgan fingerprint density at radius 3 is 2.48 bits per heavy atom. The maximum Gasteiger partial charge on any atom is 0.243 e. The fourth-order valence-corrected chi connectivity index (χ4v) is 5.36. The van der Waals surface area contributed by atoms with E-state index in [9.17, 15) is 8.42 Å². The monoisotopic (exact) mass is 416 g/mol. The molecule has 0 saturated carbocycles. The second kappa shape index (κ2) is 10.2. The molecule has 1 aliphatic rings. The first kappa shape index (κ1) is 21.8.